The lowest BCUT2D eigenvalue weighted by Gasteiger charge is -2.28. The van der Waals surface area contributed by atoms with Crippen LogP contribution in [0, 0.1) is 6.92 Å². The average molecular weight is 464 g/mol. The molecule has 2 aromatic carbocycles. The van der Waals surface area contributed by atoms with Gasteiger partial charge in [0, 0.05) is 56.9 Å². The Kier molecular flexibility index (Phi) is 9.71. The van der Waals surface area contributed by atoms with Gasteiger partial charge in [-0.15, -0.1) is 0 Å². The summed E-state index contributed by atoms with van der Waals surface area (Å²) in [5.41, 5.74) is 4.57. The smallest absolute Gasteiger partial charge is 0.242 e. The molecule has 1 aromatic heterocycles. The molecule has 34 heavy (non-hydrogen) atoms. The van der Waals surface area contributed by atoms with Crippen molar-refractivity contribution >= 4 is 22.7 Å². The number of rotatable bonds is 13. The van der Waals surface area contributed by atoms with Crippen molar-refractivity contribution in [3.05, 3.63) is 71.4 Å². The lowest BCUT2D eigenvalue weighted by atomic mass is 10.1. The van der Waals surface area contributed by atoms with Crippen molar-refractivity contribution in [1.29, 1.82) is 0 Å². The molecule has 0 radical (unpaired) electrons. The molecule has 0 aliphatic carbocycles. The minimum atomic E-state index is -0.0257. The number of aromatic amines is 1. The van der Waals surface area contributed by atoms with E-state index in [0.29, 0.717) is 39.1 Å². The van der Waals surface area contributed by atoms with Crippen molar-refractivity contribution in [2.45, 2.75) is 46.1 Å². The number of fused-ring (bicyclic) bond motifs is 1. The van der Waals surface area contributed by atoms with E-state index in [4.69, 9.17) is 4.74 Å². The largest absolute Gasteiger partial charge is 0.385 e. The molecule has 1 N–H and O–H groups in total. The summed E-state index contributed by atoms with van der Waals surface area (Å²) in [4.78, 5) is 33.1. The highest BCUT2D eigenvalue weighted by Crippen LogP contribution is 2.19. The number of nitrogens with zero attached hydrogens (tertiary/aromatic N) is 2. The number of hydrogen-bond donors (Lipinski definition) is 1. The summed E-state index contributed by atoms with van der Waals surface area (Å²) in [6.45, 7) is 6.34. The van der Waals surface area contributed by atoms with Gasteiger partial charge >= 0.3 is 0 Å². The Labute approximate surface area is 202 Å². The number of methoxy groups -OCH3 is 1. The number of carbonyl (C=O) groups excluding carboxylic acids is 2. The number of ether oxygens (including phenoxy) is 1. The molecule has 0 fully saturated rings. The van der Waals surface area contributed by atoms with Crippen LogP contribution in [0.1, 0.15) is 42.9 Å². The fraction of sp³-hybridized carbons (Fsp3) is 0.429. The van der Waals surface area contributed by atoms with Crippen molar-refractivity contribution in [2.75, 3.05) is 33.4 Å². The highest BCUT2D eigenvalue weighted by atomic mass is 16.5. The average Bonchev–Trinajstić information content (AvgIpc) is 3.25. The summed E-state index contributed by atoms with van der Waals surface area (Å²) in [5, 5.41) is 1.18. The maximum atomic E-state index is 13.5. The van der Waals surface area contributed by atoms with Gasteiger partial charge in [-0.25, -0.2) is 0 Å². The summed E-state index contributed by atoms with van der Waals surface area (Å²) in [5.74, 6) is 0.00107. The normalized spacial score (nSPS) is 11.0. The van der Waals surface area contributed by atoms with Gasteiger partial charge < -0.3 is 19.5 Å². The Balaban J connectivity index is 1.75. The first-order valence-electron chi connectivity index (χ1n) is 12.2. The SMILES string of the molecule is CCCC(=O)N(CCCOC)CC(=O)N(CCc1c[nH]c2ccccc12)Cc1ccc(C)cc1. The highest BCUT2D eigenvalue weighted by Gasteiger charge is 2.21. The maximum Gasteiger partial charge on any atom is 0.242 e. The number of para-hydroxylation sites is 1. The van der Waals surface area contributed by atoms with Gasteiger partial charge in [0.15, 0.2) is 0 Å². The summed E-state index contributed by atoms with van der Waals surface area (Å²) in [6.07, 6.45) is 4.71. The molecular formula is C28H37N3O3. The van der Waals surface area contributed by atoms with Crippen LogP contribution >= 0.6 is 0 Å². The Hall–Kier alpha value is -3.12. The molecule has 3 rings (SSSR count). The minimum Gasteiger partial charge on any atom is -0.385 e. The van der Waals surface area contributed by atoms with Gasteiger partial charge in [0.25, 0.3) is 0 Å². The second kappa shape index (κ2) is 12.9. The number of hydrogen-bond acceptors (Lipinski definition) is 3. The van der Waals surface area contributed by atoms with Gasteiger partial charge in [-0.05, 0) is 43.4 Å². The van der Waals surface area contributed by atoms with E-state index in [2.05, 4.69) is 48.3 Å². The van der Waals surface area contributed by atoms with E-state index in [1.165, 1.54) is 16.5 Å². The molecule has 0 spiro atoms. The summed E-state index contributed by atoms with van der Waals surface area (Å²) >= 11 is 0. The van der Waals surface area contributed by atoms with Crippen LogP contribution in [-0.2, 0) is 27.3 Å². The van der Waals surface area contributed by atoms with Crippen molar-refractivity contribution in [3.8, 4) is 0 Å². The van der Waals surface area contributed by atoms with Crippen LogP contribution in [0.25, 0.3) is 10.9 Å². The van der Waals surface area contributed by atoms with Crippen molar-refractivity contribution in [2.24, 2.45) is 0 Å². The molecule has 1 heterocycles. The Bertz CT molecular complexity index is 1060. The Morgan fingerprint density at radius 2 is 1.74 bits per heavy atom. The second-order valence-corrected chi connectivity index (χ2v) is 8.82. The van der Waals surface area contributed by atoms with Gasteiger partial charge in [-0.1, -0.05) is 55.0 Å². The van der Waals surface area contributed by atoms with Crippen molar-refractivity contribution in [3.63, 3.8) is 0 Å². The third kappa shape index (κ3) is 7.19. The number of aromatic nitrogens is 1. The Morgan fingerprint density at radius 3 is 2.47 bits per heavy atom. The quantitative estimate of drug-likeness (QED) is 0.373. The monoisotopic (exact) mass is 463 g/mol. The third-order valence-electron chi connectivity index (χ3n) is 6.09. The number of H-pyrrole nitrogens is 1. The molecule has 182 valence electrons. The standard InChI is InChI=1S/C28H37N3O3/c1-4-8-27(32)30(16-7-18-34-3)21-28(33)31(20-23-13-11-22(2)12-14-23)17-15-24-19-29-26-10-6-5-9-25(24)26/h5-6,9-14,19,29H,4,7-8,15-18,20-21H2,1-3H3. The number of carbonyl (C=O) groups is 2. The topological polar surface area (TPSA) is 65.6 Å². The van der Waals surface area contributed by atoms with Crippen LogP contribution in [0.3, 0.4) is 0 Å². The molecule has 0 saturated carbocycles. The van der Waals surface area contributed by atoms with Crippen LogP contribution in [0.15, 0.2) is 54.7 Å². The van der Waals surface area contributed by atoms with Crippen molar-refractivity contribution in [1.82, 2.24) is 14.8 Å². The number of nitrogens with one attached hydrogen (secondary N) is 1. The van der Waals surface area contributed by atoms with Crippen LogP contribution < -0.4 is 0 Å². The molecule has 0 atom stereocenters. The number of aryl methyl sites for hydroxylation is 1. The molecule has 0 bridgehead atoms. The first-order valence-corrected chi connectivity index (χ1v) is 12.2. The summed E-state index contributed by atoms with van der Waals surface area (Å²) in [6, 6.07) is 16.5. The first kappa shape index (κ1) is 25.5. The van der Waals surface area contributed by atoms with Gasteiger partial charge in [0.2, 0.25) is 11.8 Å². The maximum absolute atomic E-state index is 13.5. The molecule has 6 heteroatoms. The molecule has 0 aliphatic rings. The highest BCUT2D eigenvalue weighted by molar-refractivity contribution is 5.85. The molecule has 3 aromatic rings. The van der Waals surface area contributed by atoms with E-state index in [1.807, 2.05) is 30.2 Å². The lowest BCUT2D eigenvalue weighted by Crippen LogP contribution is -2.43. The zero-order valence-electron chi connectivity index (χ0n) is 20.7. The molecule has 0 saturated heterocycles. The second-order valence-electron chi connectivity index (χ2n) is 8.82. The van der Waals surface area contributed by atoms with E-state index < -0.39 is 0 Å². The van der Waals surface area contributed by atoms with E-state index in [1.54, 1.807) is 12.0 Å². The van der Waals surface area contributed by atoms with E-state index in [-0.39, 0.29) is 18.4 Å². The van der Waals surface area contributed by atoms with Gasteiger partial charge in [-0.2, -0.15) is 0 Å². The van der Waals surface area contributed by atoms with Crippen molar-refractivity contribution < 1.29 is 14.3 Å². The summed E-state index contributed by atoms with van der Waals surface area (Å²) < 4.78 is 5.15. The van der Waals surface area contributed by atoms with Crippen LogP contribution in [0.5, 0.6) is 0 Å². The van der Waals surface area contributed by atoms with Crippen LogP contribution in [0.4, 0.5) is 0 Å². The molecule has 0 aliphatic heterocycles. The zero-order valence-corrected chi connectivity index (χ0v) is 20.7. The molecular weight excluding hydrogens is 426 g/mol. The molecule has 2 amide bonds. The predicted molar refractivity (Wildman–Crippen MR) is 137 cm³/mol. The number of amides is 2. The predicted octanol–water partition coefficient (Wildman–Crippen LogP) is 4.71. The molecule has 0 unspecified atom stereocenters. The van der Waals surface area contributed by atoms with Crippen LogP contribution in [0.2, 0.25) is 0 Å². The van der Waals surface area contributed by atoms with E-state index >= 15 is 0 Å². The minimum absolute atomic E-state index is 0.0257. The molecule has 6 nitrogen and oxygen atoms in total. The van der Waals surface area contributed by atoms with Gasteiger partial charge in [0.05, 0.1) is 6.54 Å². The third-order valence-corrected chi connectivity index (χ3v) is 6.09. The zero-order chi connectivity index (χ0) is 24.3. The van der Waals surface area contributed by atoms with E-state index in [9.17, 15) is 9.59 Å². The van der Waals surface area contributed by atoms with Gasteiger partial charge in [0.1, 0.15) is 0 Å². The first-order chi connectivity index (χ1) is 16.5. The fourth-order valence-electron chi connectivity index (χ4n) is 4.13. The Morgan fingerprint density at radius 1 is 0.971 bits per heavy atom. The van der Waals surface area contributed by atoms with Crippen LogP contribution in [-0.4, -0.2) is 59.9 Å². The lowest BCUT2D eigenvalue weighted by molar-refractivity contribution is -0.141. The fourth-order valence-corrected chi connectivity index (χ4v) is 4.13. The van der Waals surface area contributed by atoms with E-state index in [0.717, 1.165) is 23.9 Å². The summed E-state index contributed by atoms with van der Waals surface area (Å²) in [7, 11) is 1.65. The number of benzene rings is 2. The van der Waals surface area contributed by atoms with Gasteiger partial charge in [-0.3, -0.25) is 9.59 Å².